The maximum atomic E-state index is 13.7. The van der Waals surface area contributed by atoms with E-state index in [0.29, 0.717) is 55.2 Å². The predicted molar refractivity (Wildman–Crippen MR) is 123 cm³/mol. The van der Waals surface area contributed by atoms with E-state index in [1.54, 1.807) is 24.6 Å². The second-order valence-electron chi connectivity index (χ2n) is 8.17. The van der Waals surface area contributed by atoms with E-state index in [2.05, 4.69) is 20.3 Å². The highest BCUT2D eigenvalue weighted by atomic mass is 19.1. The van der Waals surface area contributed by atoms with Gasteiger partial charge in [0.2, 0.25) is 11.8 Å². The summed E-state index contributed by atoms with van der Waals surface area (Å²) in [4.78, 5) is 21.3. The van der Waals surface area contributed by atoms with Crippen LogP contribution in [0.5, 0.6) is 0 Å². The summed E-state index contributed by atoms with van der Waals surface area (Å²) in [5.41, 5.74) is 3.19. The van der Waals surface area contributed by atoms with Crippen molar-refractivity contribution in [2.45, 2.75) is 20.4 Å². The van der Waals surface area contributed by atoms with Gasteiger partial charge in [-0.3, -0.25) is 9.48 Å². The molecule has 0 atom stereocenters. The Morgan fingerprint density at radius 1 is 1.00 bits per heavy atom. The van der Waals surface area contributed by atoms with Crippen LogP contribution in [0.2, 0.25) is 0 Å². The number of amides is 1. The molecule has 0 spiro atoms. The number of carbonyl (C=O) groups is 1. The lowest BCUT2D eigenvalue weighted by atomic mass is 10.1. The second-order valence-corrected chi connectivity index (χ2v) is 8.17. The van der Waals surface area contributed by atoms with Gasteiger partial charge in [0.05, 0.1) is 17.1 Å². The number of aromatic nitrogens is 5. The van der Waals surface area contributed by atoms with Crippen molar-refractivity contribution >= 4 is 11.9 Å². The lowest BCUT2D eigenvalue weighted by molar-refractivity contribution is -0.132. The molecule has 174 valence electrons. The summed E-state index contributed by atoms with van der Waals surface area (Å²) >= 11 is 0. The normalized spacial score (nSPS) is 14.0. The van der Waals surface area contributed by atoms with E-state index in [4.69, 9.17) is 4.42 Å². The van der Waals surface area contributed by atoms with Crippen LogP contribution < -0.4 is 4.90 Å². The smallest absolute Gasteiger partial charge is 0.318 e. The van der Waals surface area contributed by atoms with Gasteiger partial charge in [0, 0.05) is 33.1 Å². The van der Waals surface area contributed by atoms with Gasteiger partial charge in [-0.15, -0.1) is 5.10 Å². The van der Waals surface area contributed by atoms with Crippen molar-refractivity contribution in [2.24, 2.45) is 0 Å². The Labute approximate surface area is 195 Å². The number of hydrogen-bond donors (Lipinski definition) is 0. The third-order valence-corrected chi connectivity index (χ3v) is 5.84. The van der Waals surface area contributed by atoms with Gasteiger partial charge in [0.25, 0.3) is 0 Å². The van der Waals surface area contributed by atoms with Gasteiger partial charge in [-0.05, 0) is 30.7 Å². The molecule has 1 aliphatic heterocycles. The number of aryl methyl sites for hydroxylation is 2. The fourth-order valence-corrected chi connectivity index (χ4v) is 3.98. The van der Waals surface area contributed by atoms with Crippen LogP contribution in [0, 0.1) is 19.7 Å². The largest absolute Gasteiger partial charge is 0.408 e. The summed E-state index contributed by atoms with van der Waals surface area (Å²) in [5.74, 6) is 0.121. The molecule has 1 fully saturated rings. The zero-order valence-electron chi connectivity index (χ0n) is 19.0. The Hall–Kier alpha value is -4.08. The average molecular weight is 462 g/mol. The van der Waals surface area contributed by atoms with Gasteiger partial charge < -0.3 is 14.2 Å². The molecule has 1 aliphatic rings. The highest BCUT2D eigenvalue weighted by Crippen LogP contribution is 2.26. The standard InChI is InChI=1S/C24H24FN7O2/c1-16-19(25)8-9-20(26-16)21-14-22(18-6-4-3-5-7-18)32(29-21)15-23(33)30-10-12-31(13-11-30)24-28-27-17(2)34-24/h3-9,14H,10-13,15H2,1-2H3. The fraction of sp³-hybridized carbons (Fsp3) is 0.292. The molecule has 1 aromatic carbocycles. The van der Waals surface area contributed by atoms with E-state index in [9.17, 15) is 9.18 Å². The zero-order chi connectivity index (χ0) is 23.7. The number of rotatable bonds is 5. The number of anilines is 1. The summed E-state index contributed by atoms with van der Waals surface area (Å²) in [6.07, 6.45) is 0. The summed E-state index contributed by atoms with van der Waals surface area (Å²) in [6, 6.07) is 15.1. The van der Waals surface area contributed by atoms with E-state index >= 15 is 0 Å². The summed E-state index contributed by atoms with van der Waals surface area (Å²) in [6.45, 7) is 5.78. The number of piperazine rings is 1. The van der Waals surface area contributed by atoms with Gasteiger partial charge >= 0.3 is 6.01 Å². The zero-order valence-corrected chi connectivity index (χ0v) is 19.0. The number of carbonyl (C=O) groups excluding carboxylic acids is 1. The number of benzene rings is 1. The van der Waals surface area contributed by atoms with Crippen LogP contribution in [0.1, 0.15) is 11.6 Å². The van der Waals surface area contributed by atoms with Crippen LogP contribution in [0.3, 0.4) is 0 Å². The van der Waals surface area contributed by atoms with Crippen LogP contribution in [0.15, 0.2) is 52.9 Å². The minimum atomic E-state index is -0.364. The molecule has 3 aromatic heterocycles. The topological polar surface area (TPSA) is 93.2 Å². The molecule has 0 aliphatic carbocycles. The first-order valence-electron chi connectivity index (χ1n) is 11.1. The molecule has 1 amide bonds. The second kappa shape index (κ2) is 9.05. The van der Waals surface area contributed by atoms with Crippen molar-refractivity contribution in [3.05, 3.63) is 65.9 Å². The van der Waals surface area contributed by atoms with Crippen molar-refractivity contribution in [1.82, 2.24) is 29.9 Å². The quantitative estimate of drug-likeness (QED) is 0.451. The lowest BCUT2D eigenvalue weighted by Gasteiger charge is -2.33. The number of nitrogens with zero attached hydrogens (tertiary/aromatic N) is 7. The van der Waals surface area contributed by atoms with Crippen molar-refractivity contribution < 1.29 is 13.6 Å². The van der Waals surface area contributed by atoms with E-state index in [0.717, 1.165) is 11.3 Å². The minimum Gasteiger partial charge on any atom is -0.408 e. The molecule has 0 radical (unpaired) electrons. The molecule has 9 nitrogen and oxygen atoms in total. The van der Waals surface area contributed by atoms with E-state index in [-0.39, 0.29) is 18.3 Å². The van der Waals surface area contributed by atoms with E-state index in [1.165, 1.54) is 6.07 Å². The first-order chi connectivity index (χ1) is 16.5. The van der Waals surface area contributed by atoms with Crippen LogP contribution in [-0.2, 0) is 11.3 Å². The van der Waals surface area contributed by atoms with Gasteiger partial charge in [-0.1, -0.05) is 35.4 Å². The van der Waals surface area contributed by atoms with Gasteiger partial charge in [-0.2, -0.15) is 5.10 Å². The third-order valence-electron chi connectivity index (χ3n) is 5.84. The van der Waals surface area contributed by atoms with Crippen molar-refractivity contribution in [3.63, 3.8) is 0 Å². The molecule has 34 heavy (non-hydrogen) atoms. The summed E-state index contributed by atoms with van der Waals surface area (Å²) in [7, 11) is 0. The van der Waals surface area contributed by atoms with Gasteiger partial charge in [0.1, 0.15) is 18.1 Å². The van der Waals surface area contributed by atoms with Gasteiger partial charge in [-0.25, -0.2) is 9.37 Å². The first-order valence-corrected chi connectivity index (χ1v) is 11.1. The molecule has 4 heterocycles. The van der Waals surface area contributed by atoms with E-state index < -0.39 is 0 Å². The SMILES string of the molecule is Cc1nnc(N2CCN(C(=O)Cn3nc(-c4ccc(F)c(C)n4)cc3-c3ccccc3)CC2)o1. The molecule has 4 aromatic rings. The van der Waals surface area contributed by atoms with Crippen molar-refractivity contribution in [2.75, 3.05) is 31.1 Å². The molecule has 0 saturated carbocycles. The van der Waals surface area contributed by atoms with Gasteiger partial charge in [0.15, 0.2) is 0 Å². The molecule has 0 bridgehead atoms. The average Bonchev–Trinajstić information content (AvgIpc) is 3.48. The van der Waals surface area contributed by atoms with Crippen molar-refractivity contribution in [1.29, 1.82) is 0 Å². The molecule has 10 heteroatoms. The fourth-order valence-electron chi connectivity index (χ4n) is 3.98. The third kappa shape index (κ3) is 4.39. The highest BCUT2D eigenvalue weighted by Gasteiger charge is 2.25. The van der Waals surface area contributed by atoms with Crippen LogP contribution >= 0.6 is 0 Å². The minimum absolute atomic E-state index is 0.0311. The Balaban J connectivity index is 1.36. The summed E-state index contributed by atoms with van der Waals surface area (Å²) < 4.78 is 20.9. The highest BCUT2D eigenvalue weighted by molar-refractivity contribution is 5.78. The lowest BCUT2D eigenvalue weighted by Crippen LogP contribution is -2.49. The monoisotopic (exact) mass is 461 g/mol. The molecular weight excluding hydrogens is 437 g/mol. The molecule has 1 saturated heterocycles. The first kappa shape index (κ1) is 21.7. The maximum absolute atomic E-state index is 13.7. The Morgan fingerprint density at radius 2 is 1.76 bits per heavy atom. The molecule has 0 unspecified atom stereocenters. The Bertz CT molecular complexity index is 1310. The van der Waals surface area contributed by atoms with E-state index in [1.807, 2.05) is 46.2 Å². The maximum Gasteiger partial charge on any atom is 0.318 e. The Morgan fingerprint density at radius 3 is 2.44 bits per heavy atom. The van der Waals surface area contributed by atoms with Crippen molar-refractivity contribution in [3.8, 4) is 22.6 Å². The van der Waals surface area contributed by atoms with Crippen LogP contribution in [0.25, 0.3) is 22.6 Å². The number of hydrogen-bond acceptors (Lipinski definition) is 7. The molecule has 5 rings (SSSR count). The van der Waals surface area contributed by atoms with Crippen LogP contribution in [0.4, 0.5) is 10.4 Å². The molecular formula is C24H24FN7O2. The molecule has 0 N–H and O–H groups in total. The summed E-state index contributed by atoms with van der Waals surface area (Å²) in [5, 5.41) is 12.6. The predicted octanol–water partition coefficient (Wildman–Crippen LogP) is 3.10. The number of pyridine rings is 1. The van der Waals surface area contributed by atoms with Crippen LogP contribution in [-0.4, -0.2) is 61.9 Å². The number of halogens is 1. The Kier molecular flexibility index (Phi) is 5.79.